The van der Waals surface area contributed by atoms with Crippen LogP contribution in [0.5, 0.6) is 0 Å². The van der Waals surface area contributed by atoms with Gasteiger partial charge in [-0.15, -0.1) is 0 Å². The molecule has 78 valence electrons. The summed E-state index contributed by atoms with van der Waals surface area (Å²) >= 11 is 0. The highest BCUT2D eigenvalue weighted by Gasteiger charge is 2.14. The van der Waals surface area contributed by atoms with Crippen molar-refractivity contribution in [3.63, 3.8) is 0 Å². The molecule has 0 spiro atoms. The fourth-order valence-corrected chi connectivity index (χ4v) is 2.06. The number of rotatable bonds is 1. The molecule has 1 aromatic carbocycles. The summed E-state index contributed by atoms with van der Waals surface area (Å²) < 4.78 is 0. The molecular weight excluding hydrogens is 188 g/mol. The maximum Gasteiger partial charge on any atom is 0.336 e. The van der Waals surface area contributed by atoms with Gasteiger partial charge in [-0.05, 0) is 43.4 Å². The quantitative estimate of drug-likeness (QED) is 0.759. The second-order valence-electron chi connectivity index (χ2n) is 4.03. The molecule has 1 N–H and O–H groups in total. The van der Waals surface area contributed by atoms with Crippen LogP contribution in [0.25, 0.3) is 6.08 Å². The van der Waals surface area contributed by atoms with Crippen molar-refractivity contribution in [3.05, 3.63) is 40.5 Å². The molecule has 0 bridgehead atoms. The minimum Gasteiger partial charge on any atom is -0.478 e. The van der Waals surface area contributed by atoms with Crippen LogP contribution in [0.1, 0.15) is 41.3 Å². The molecule has 1 aliphatic carbocycles. The number of aromatic carboxylic acids is 1. The molecule has 0 saturated carbocycles. The van der Waals surface area contributed by atoms with Gasteiger partial charge in [0.15, 0.2) is 0 Å². The Labute approximate surface area is 89.2 Å². The van der Waals surface area contributed by atoms with Crippen LogP contribution in [0.4, 0.5) is 0 Å². The molecule has 0 aromatic heterocycles. The fourth-order valence-electron chi connectivity index (χ4n) is 2.06. The summed E-state index contributed by atoms with van der Waals surface area (Å²) in [4.78, 5) is 11.1. The summed E-state index contributed by atoms with van der Waals surface area (Å²) in [6.45, 7) is 2.06. The Morgan fingerprint density at radius 3 is 2.87 bits per heavy atom. The molecule has 0 fully saturated rings. The molecule has 2 nitrogen and oxygen atoms in total. The number of aryl methyl sites for hydroxylation is 1. The molecule has 0 saturated heterocycles. The standard InChI is InChI=1S/C13H14O2/c1-9-4-2-5-10-6-3-7-11(13(14)15)12(10)8-9/h3,6-8H,2,4-5H2,1H3,(H,14,15). The van der Waals surface area contributed by atoms with E-state index < -0.39 is 5.97 Å². The van der Waals surface area contributed by atoms with Crippen molar-refractivity contribution < 1.29 is 9.90 Å². The molecule has 15 heavy (non-hydrogen) atoms. The lowest BCUT2D eigenvalue weighted by atomic mass is 9.99. The van der Waals surface area contributed by atoms with Gasteiger partial charge in [0.05, 0.1) is 5.56 Å². The number of carboxylic acids is 1. The van der Waals surface area contributed by atoms with Gasteiger partial charge in [0.25, 0.3) is 0 Å². The second-order valence-corrected chi connectivity index (χ2v) is 4.03. The van der Waals surface area contributed by atoms with Crippen molar-refractivity contribution >= 4 is 12.0 Å². The average Bonchev–Trinajstić information content (AvgIpc) is 2.37. The molecule has 0 atom stereocenters. The van der Waals surface area contributed by atoms with Crippen molar-refractivity contribution in [2.75, 3.05) is 0 Å². The Hall–Kier alpha value is -1.57. The Balaban J connectivity index is 2.60. The molecular formula is C13H14O2. The van der Waals surface area contributed by atoms with Gasteiger partial charge >= 0.3 is 5.97 Å². The normalized spacial score (nSPS) is 15.1. The highest BCUT2D eigenvalue weighted by molar-refractivity contribution is 5.93. The summed E-state index contributed by atoms with van der Waals surface area (Å²) in [7, 11) is 0. The molecule has 0 unspecified atom stereocenters. The Morgan fingerprint density at radius 1 is 1.33 bits per heavy atom. The highest BCUT2D eigenvalue weighted by Crippen LogP contribution is 2.25. The van der Waals surface area contributed by atoms with E-state index in [9.17, 15) is 4.79 Å². The molecule has 1 aliphatic rings. The minimum atomic E-state index is -0.835. The van der Waals surface area contributed by atoms with E-state index in [0.717, 1.165) is 30.4 Å². The molecule has 0 radical (unpaired) electrons. The number of allylic oxidation sites excluding steroid dienone is 1. The molecule has 2 rings (SSSR count). The van der Waals surface area contributed by atoms with E-state index in [1.807, 2.05) is 18.2 Å². The Morgan fingerprint density at radius 2 is 2.13 bits per heavy atom. The third-order valence-electron chi connectivity index (χ3n) is 2.83. The SMILES string of the molecule is CC1=Cc2c(cccc2C(=O)O)CCC1. The number of carboxylic acid groups (broad SMARTS) is 1. The Kier molecular flexibility index (Phi) is 2.58. The van der Waals surface area contributed by atoms with E-state index >= 15 is 0 Å². The van der Waals surface area contributed by atoms with Crippen LogP contribution in [0.15, 0.2) is 23.8 Å². The lowest BCUT2D eigenvalue weighted by Crippen LogP contribution is -2.02. The van der Waals surface area contributed by atoms with E-state index in [4.69, 9.17) is 5.11 Å². The van der Waals surface area contributed by atoms with Crippen LogP contribution in [0.3, 0.4) is 0 Å². The van der Waals surface area contributed by atoms with E-state index in [1.165, 1.54) is 5.57 Å². The van der Waals surface area contributed by atoms with E-state index in [0.29, 0.717) is 5.56 Å². The Bertz CT molecular complexity index is 430. The molecule has 0 aliphatic heterocycles. The van der Waals surface area contributed by atoms with Gasteiger partial charge in [0.1, 0.15) is 0 Å². The minimum absolute atomic E-state index is 0.425. The van der Waals surface area contributed by atoms with Gasteiger partial charge in [-0.25, -0.2) is 4.79 Å². The van der Waals surface area contributed by atoms with Crippen LogP contribution in [0.2, 0.25) is 0 Å². The smallest absolute Gasteiger partial charge is 0.336 e. The average molecular weight is 202 g/mol. The van der Waals surface area contributed by atoms with Gasteiger partial charge in [0.2, 0.25) is 0 Å². The zero-order valence-corrected chi connectivity index (χ0v) is 8.79. The van der Waals surface area contributed by atoms with Crippen molar-refractivity contribution in [1.82, 2.24) is 0 Å². The summed E-state index contributed by atoms with van der Waals surface area (Å²) in [6.07, 6.45) is 5.17. The van der Waals surface area contributed by atoms with Crippen LogP contribution in [-0.2, 0) is 6.42 Å². The number of fused-ring (bicyclic) bond motifs is 1. The zero-order valence-electron chi connectivity index (χ0n) is 8.79. The number of carbonyl (C=O) groups is 1. The predicted molar refractivity (Wildman–Crippen MR) is 60.0 cm³/mol. The van der Waals surface area contributed by atoms with Crippen molar-refractivity contribution in [2.24, 2.45) is 0 Å². The van der Waals surface area contributed by atoms with Gasteiger partial charge in [0, 0.05) is 0 Å². The summed E-state index contributed by atoms with van der Waals surface area (Å²) in [5, 5.41) is 9.09. The first kappa shape index (κ1) is 9.97. The molecule has 1 aromatic rings. The summed E-state index contributed by atoms with van der Waals surface area (Å²) in [5.74, 6) is -0.835. The first-order valence-corrected chi connectivity index (χ1v) is 5.21. The molecule has 2 heteroatoms. The predicted octanol–water partition coefficient (Wildman–Crippen LogP) is 3.12. The van der Waals surface area contributed by atoms with Crippen LogP contribution >= 0.6 is 0 Å². The number of hydrogen-bond donors (Lipinski definition) is 1. The van der Waals surface area contributed by atoms with Gasteiger partial charge in [-0.3, -0.25) is 0 Å². The number of hydrogen-bond acceptors (Lipinski definition) is 1. The fraction of sp³-hybridized carbons (Fsp3) is 0.308. The third-order valence-corrected chi connectivity index (χ3v) is 2.83. The third kappa shape index (κ3) is 1.94. The highest BCUT2D eigenvalue weighted by atomic mass is 16.4. The van der Waals surface area contributed by atoms with Crippen LogP contribution in [-0.4, -0.2) is 11.1 Å². The van der Waals surface area contributed by atoms with E-state index in [-0.39, 0.29) is 0 Å². The lowest BCUT2D eigenvalue weighted by Gasteiger charge is -2.06. The largest absolute Gasteiger partial charge is 0.478 e. The van der Waals surface area contributed by atoms with Gasteiger partial charge in [-0.1, -0.05) is 23.8 Å². The van der Waals surface area contributed by atoms with E-state index in [2.05, 4.69) is 6.92 Å². The summed E-state index contributed by atoms with van der Waals surface area (Å²) in [5.41, 5.74) is 3.75. The first-order valence-electron chi connectivity index (χ1n) is 5.21. The van der Waals surface area contributed by atoms with Crippen molar-refractivity contribution in [2.45, 2.75) is 26.2 Å². The first-order chi connectivity index (χ1) is 7.18. The monoisotopic (exact) mass is 202 g/mol. The summed E-state index contributed by atoms with van der Waals surface area (Å²) in [6, 6.07) is 5.53. The maximum atomic E-state index is 11.1. The maximum absolute atomic E-state index is 11.1. The van der Waals surface area contributed by atoms with Gasteiger partial charge in [-0.2, -0.15) is 0 Å². The van der Waals surface area contributed by atoms with Gasteiger partial charge < -0.3 is 5.11 Å². The van der Waals surface area contributed by atoms with Crippen LogP contribution in [0, 0.1) is 0 Å². The second kappa shape index (κ2) is 3.89. The van der Waals surface area contributed by atoms with E-state index in [1.54, 1.807) is 6.07 Å². The van der Waals surface area contributed by atoms with Crippen LogP contribution < -0.4 is 0 Å². The van der Waals surface area contributed by atoms with Crippen molar-refractivity contribution in [1.29, 1.82) is 0 Å². The lowest BCUT2D eigenvalue weighted by molar-refractivity contribution is 0.0696. The molecule has 0 amide bonds. The molecule has 0 heterocycles. The van der Waals surface area contributed by atoms with Crippen molar-refractivity contribution in [3.8, 4) is 0 Å². The topological polar surface area (TPSA) is 37.3 Å². The zero-order chi connectivity index (χ0) is 10.8. The number of benzene rings is 1.